The van der Waals surface area contributed by atoms with Crippen molar-refractivity contribution in [1.82, 2.24) is 4.72 Å². The Morgan fingerprint density at radius 2 is 1.75 bits per heavy atom. The topological polar surface area (TPSA) is 72.5 Å². The average molecular weight is 303 g/mol. The van der Waals surface area contributed by atoms with Gasteiger partial charge in [0.1, 0.15) is 0 Å². The molecular weight excluding hydrogens is 278 g/mol. The molecule has 1 atom stereocenters. The molecular formula is C14H25NO4S. The summed E-state index contributed by atoms with van der Waals surface area (Å²) in [6, 6.07) is 0. The first-order valence-electron chi connectivity index (χ1n) is 7.70. The third-order valence-electron chi connectivity index (χ3n) is 4.15. The van der Waals surface area contributed by atoms with Gasteiger partial charge < -0.3 is 4.74 Å². The Morgan fingerprint density at radius 3 is 2.40 bits per heavy atom. The molecule has 0 bridgehead atoms. The van der Waals surface area contributed by atoms with Gasteiger partial charge in [0.25, 0.3) is 0 Å². The van der Waals surface area contributed by atoms with E-state index in [9.17, 15) is 13.2 Å². The smallest absolute Gasteiger partial charge is 0.237 e. The van der Waals surface area contributed by atoms with E-state index in [-0.39, 0.29) is 17.8 Å². The van der Waals surface area contributed by atoms with Gasteiger partial charge in [-0.25, -0.2) is 8.42 Å². The third kappa shape index (κ3) is 5.40. The first-order valence-corrected chi connectivity index (χ1v) is 9.35. The van der Waals surface area contributed by atoms with E-state index >= 15 is 0 Å². The Bertz CT molecular complexity index is 409. The number of hydrogen-bond acceptors (Lipinski definition) is 4. The molecule has 1 aliphatic heterocycles. The van der Waals surface area contributed by atoms with Gasteiger partial charge in [0, 0.05) is 13.0 Å². The third-order valence-corrected chi connectivity index (χ3v) is 5.50. The van der Waals surface area contributed by atoms with E-state index in [1.54, 1.807) is 0 Å². The highest BCUT2D eigenvalue weighted by molar-refractivity contribution is 7.90. The van der Waals surface area contributed by atoms with Gasteiger partial charge in [-0.3, -0.25) is 9.52 Å². The summed E-state index contributed by atoms with van der Waals surface area (Å²) in [6.45, 7) is 0.621. The van der Waals surface area contributed by atoms with Crippen LogP contribution in [0.4, 0.5) is 0 Å². The van der Waals surface area contributed by atoms with Crippen molar-refractivity contribution in [3.8, 4) is 0 Å². The summed E-state index contributed by atoms with van der Waals surface area (Å²) in [5, 5.41) is 0. The maximum Gasteiger partial charge on any atom is 0.237 e. The molecule has 0 aromatic carbocycles. The number of hydrogen-bond donors (Lipinski definition) is 1. The lowest BCUT2D eigenvalue weighted by atomic mass is 9.87. The lowest BCUT2D eigenvalue weighted by Crippen LogP contribution is -2.38. The molecule has 0 aromatic rings. The second kappa shape index (κ2) is 7.41. The minimum atomic E-state index is -3.56. The fourth-order valence-electron chi connectivity index (χ4n) is 3.09. The van der Waals surface area contributed by atoms with Crippen LogP contribution < -0.4 is 4.72 Å². The Hall–Kier alpha value is -0.620. The lowest BCUT2D eigenvalue weighted by molar-refractivity contribution is -0.120. The van der Waals surface area contributed by atoms with E-state index in [0.29, 0.717) is 18.9 Å². The second-order valence-corrected chi connectivity index (χ2v) is 7.77. The summed E-state index contributed by atoms with van der Waals surface area (Å²) in [5.74, 6) is -0.0961. The highest BCUT2D eigenvalue weighted by Gasteiger charge is 2.25. The van der Waals surface area contributed by atoms with Crippen molar-refractivity contribution >= 4 is 15.9 Å². The zero-order valence-electron chi connectivity index (χ0n) is 12.0. The van der Waals surface area contributed by atoms with Crippen LogP contribution in [0, 0.1) is 5.92 Å². The normalized spacial score (nSPS) is 25.3. The molecule has 0 radical (unpaired) electrons. The van der Waals surface area contributed by atoms with Gasteiger partial charge >= 0.3 is 0 Å². The van der Waals surface area contributed by atoms with Crippen molar-refractivity contribution in [2.75, 3.05) is 12.4 Å². The first-order chi connectivity index (χ1) is 9.55. The van der Waals surface area contributed by atoms with Crippen molar-refractivity contribution < 1.29 is 17.9 Å². The zero-order chi connectivity index (χ0) is 14.4. The summed E-state index contributed by atoms with van der Waals surface area (Å²) in [6.07, 6.45) is 8.45. The largest absolute Gasteiger partial charge is 0.377 e. The standard InChI is InChI=1S/C14H25NO4S/c16-14(10-12-6-2-1-3-7-12)15-20(17,18)11-13-8-4-5-9-19-13/h12-13H,1-11H2,(H,15,16). The van der Waals surface area contributed by atoms with Gasteiger partial charge in [-0.15, -0.1) is 0 Å². The van der Waals surface area contributed by atoms with Gasteiger partial charge in [0.2, 0.25) is 15.9 Å². The molecule has 1 aliphatic carbocycles. The molecule has 1 N–H and O–H groups in total. The molecule has 1 heterocycles. The SMILES string of the molecule is O=C(CC1CCCCC1)NS(=O)(=O)CC1CCCCO1. The van der Waals surface area contributed by atoms with Gasteiger partial charge in [0.15, 0.2) is 0 Å². The zero-order valence-corrected chi connectivity index (χ0v) is 12.8. The predicted octanol–water partition coefficient (Wildman–Crippen LogP) is 1.97. The van der Waals surface area contributed by atoms with Crippen molar-refractivity contribution in [1.29, 1.82) is 0 Å². The van der Waals surface area contributed by atoms with Crippen molar-refractivity contribution in [2.24, 2.45) is 5.92 Å². The quantitative estimate of drug-likeness (QED) is 0.843. The lowest BCUT2D eigenvalue weighted by Gasteiger charge is -2.23. The molecule has 1 saturated heterocycles. The number of carbonyl (C=O) groups excluding carboxylic acids is 1. The van der Waals surface area contributed by atoms with Crippen molar-refractivity contribution in [3.05, 3.63) is 0 Å². The van der Waals surface area contributed by atoms with E-state index in [4.69, 9.17) is 4.74 Å². The molecule has 1 amide bonds. The maximum absolute atomic E-state index is 11.9. The summed E-state index contributed by atoms with van der Waals surface area (Å²) in [4.78, 5) is 11.8. The van der Waals surface area contributed by atoms with Crippen LogP contribution in [0.5, 0.6) is 0 Å². The van der Waals surface area contributed by atoms with Crippen LogP contribution in [0.15, 0.2) is 0 Å². The van der Waals surface area contributed by atoms with Gasteiger partial charge in [0.05, 0.1) is 11.9 Å². The fraction of sp³-hybridized carbons (Fsp3) is 0.929. The molecule has 5 nitrogen and oxygen atoms in total. The fourth-order valence-corrected chi connectivity index (χ4v) is 4.36. The maximum atomic E-state index is 11.9. The van der Waals surface area contributed by atoms with Crippen LogP contribution in [0.1, 0.15) is 57.8 Å². The number of rotatable bonds is 5. The summed E-state index contributed by atoms with van der Waals surface area (Å²) >= 11 is 0. The predicted molar refractivity (Wildman–Crippen MR) is 76.7 cm³/mol. The van der Waals surface area contributed by atoms with Crippen LogP contribution in [-0.2, 0) is 19.6 Å². The molecule has 2 rings (SSSR count). The second-order valence-electron chi connectivity index (χ2n) is 6.00. The monoisotopic (exact) mass is 303 g/mol. The summed E-state index contributed by atoms with van der Waals surface area (Å²) in [7, 11) is -3.56. The molecule has 2 aliphatic rings. The molecule has 116 valence electrons. The number of carbonyl (C=O) groups is 1. The van der Waals surface area contributed by atoms with Gasteiger partial charge in [-0.05, 0) is 38.0 Å². The molecule has 0 aromatic heterocycles. The Morgan fingerprint density at radius 1 is 1.05 bits per heavy atom. The van der Waals surface area contributed by atoms with E-state index in [0.717, 1.165) is 44.9 Å². The number of ether oxygens (including phenoxy) is 1. The highest BCUT2D eigenvalue weighted by atomic mass is 32.2. The highest BCUT2D eigenvalue weighted by Crippen LogP contribution is 2.26. The average Bonchev–Trinajstić information content (AvgIpc) is 2.39. The molecule has 20 heavy (non-hydrogen) atoms. The van der Waals surface area contributed by atoms with E-state index in [2.05, 4.69) is 4.72 Å². The number of amides is 1. The van der Waals surface area contributed by atoms with Gasteiger partial charge in [-0.1, -0.05) is 19.3 Å². The van der Waals surface area contributed by atoms with Crippen LogP contribution in [0.3, 0.4) is 0 Å². The Labute approximate surface area is 121 Å². The molecule has 1 saturated carbocycles. The van der Waals surface area contributed by atoms with E-state index < -0.39 is 10.0 Å². The van der Waals surface area contributed by atoms with Gasteiger partial charge in [-0.2, -0.15) is 0 Å². The minimum absolute atomic E-state index is 0.0938. The minimum Gasteiger partial charge on any atom is -0.377 e. The van der Waals surface area contributed by atoms with Crippen LogP contribution >= 0.6 is 0 Å². The molecule has 6 heteroatoms. The van der Waals surface area contributed by atoms with Crippen LogP contribution in [-0.4, -0.2) is 32.8 Å². The number of sulfonamides is 1. The Balaban J connectivity index is 1.76. The molecule has 1 unspecified atom stereocenters. The van der Waals surface area contributed by atoms with E-state index in [1.807, 2.05) is 0 Å². The van der Waals surface area contributed by atoms with Crippen LogP contribution in [0.25, 0.3) is 0 Å². The first kappa shape index (κ1) is 15.8. The molecule has 2 fully saturated rings. The molecule has 0 spiro atoms. The van der Waals surface area contributed by atoms with Crippen LogP contribution in [0.2, 0.25) is 0 Å². The summed E-state index contributed by atoms with van der Waals surface area (Å²) in [5.41, 5.74) is 0. The van der Waals surface area contributed by atoms with Crippen molar-refractivity contribution in [2.45, 2.75) is 63.9 Å². The van der Waals surface area contributed by atoms with Crippen molar-refractivity contribution in [3.63, 3.8) is 0 Å². The Kier molecular flexibility index (Phi) is 5.84. The summed E-state index contributed by atoms with van der Waals surface area (Å²) < 4.78 is 31.5. The number of nitrogens with one attached hydrogen (secondary N) is 1. The van der Waals surface area contributed by atoms with E-state index in [1.165, 1.54) is 6.42 Å².